The number of carboxylic acid groups (broad SMARTS) is 1. The van der Waals surface area contributed by atoms with E-state index in [-0.39, 0.29) is 23.4 Å². The number of likely N-dealkylation sites (N-methyl/N-ethyl adjacent to an activating group) is 1. The van der Waals surface area contributed by atoms with Gasteiger partial charge < -0.3 is 30.3 Å². The number of carbonyl (C=O) groups is 5. The van der Waals surface area contributed by atoms with Gasteiger partial charge in [-0.25, -0.2) is 14.6 Å². The number of carbonyl (C=O) groups excluding carboxylic acids is 4. The quantitative estimate of drug-likeness (QED) is 0.324. The van der Waals surface area contributed by atoms with Crippen molar-refractivity contribution < 1.29 is 33.8 Å². The highest BCUT2D eigenvalue weighted by Gasteiger charge is 2.41. The van der Waals surface area contributed by atoms with Gasteiger partial charge in [0.15, 0.2) is 0 Å². The summed E-state index contributed by atoms with van der Waals surface area (Å²) in [6.07, 6.45) is 4.84. The van der Waals surface area contributed by atoms with Gasteiger partial charge in [-0.3, -0.25) is 14.4 Å². The van der Waals surface area contributed by atoms with Crippen molar-refractivity contribution >= 4 is 46.1 Å². The van der Waals surface area contributed by atoms with E-state index in [1.54, 1.807) is 45.0 Å². The van der Waals surface area contributed by atoms with Gasteiger partial charge in [-0.15, -0.1) is 0 Å². The van der Waals surface area contributed by atoms with E-state index in [1.165, 1.54) is 16.8 Å². The Morgan fingerprint density at radius 1 is 1.04 bits per heavy atom. The van der Waals surface area contributed by atoms with Crippen LogP contribution in [0, 0.1) is 5.92 Å². The molecule has 2 heterocycles. The van der Waals surface area contributed by atoms with Gasteiger partial charge in [-0.1, -0.05) is 74.8 Å². The van der Waals surface area contributed by atoms with Crippen LogP contribution in [-0.4, -0.2) is 87.5 Å². The Balaban J connectivity index is 0.00000282. The number of amides is 4. The fourth-order valence-electron chi connectivity index (χ4n) is 5.65. The lowest BCUT2D eigenvalue weighted by Gasteiger charge is -2.35. The molecule has 1 aromatic carbocycles. The van der Waals surface area contributed by atoms with E-state index in [9.17, 15) is 29.1 Å². The first-order valence-electron chi connectivity index (χ1n) is 16.0. The minimum Gasteiger partial charge on any atom is -0.476 e. The maximum absolute atomic E-state index is 14.1. The highest BCUT2D eigenvalue weighted by molar-refractivity contribution is 7.18. The molecule has 1 unspecified atom stereocenters. The molecule has 46 heavy (non-hydrogen) atoms. The van der Waals surface area contributed by atoms with Crippen LogP contribution in [0.3, 0.4) is 0 Å². The molecule has 2 fully saturated rings. The molecule has 2 aliphatic rings. The van der Waals surface area contributed by atoms with Gasteiger partial charge in [0.2, 0.25) is 22.7 Å². The van der Waals surface area contributed by atoms with Crippen molar-refractivity contribution in [2.45, 2.75) is 97.2 Å². The third-order valence-electron chi connectivity index (χ3n) is 7.72. The predicted octanol–water partition coefficient (Wildman–Crippen LogP) is 5.40. The number of aromatic nitrogens is 1. The van der Waals surface area contributed by atoms with Crippen LogP contribution < -0.4 is 10.6 Å². The molecule has 1 saturated heterocycles. The van der Waals surface area contributed by atoms with Gasteiger partial charge in [-0.2, -0.15) is 0 Å². The lowest BCUT2D eigenvalue weighted by molar-refractivity contribution is -0.142. The number of carboxylic acids is 1. The summed E-state index contributed by atoms with van der Waals surface area (Å²) in [5.74, 6) is -2.55. The lowest BCUT2D eigenvalue weighted by atomic mass is 9.83. The molecule has 1 saturated carbocycles. The van der Waals surface area contributed by atoms with E-state index in [2.05, 4.69) is 15.6 Å². The molecule has 0 bridgehead atoms. The Morgan fingerprint density at radius 2 is 1.70 bits per heavy atom. The highest BCUT2D eigenvalue weighted by atomic mass is 32.1. The van der Waals surface area contributed by atoms with Crippen molar-refractivity contribution in [1.29, 1.82) is 0 Å². The van der Waals surface area contributed by atoms with E-state index < -0.39 is 41.6 Å². The topological polar surface area (TPSA) is 158 Å². The Kier molecular flexibility index (Phi) is 13.1. The summed E-state index contributed by atoms with van der Waals surface area (Å²) in [4.78, 5) is 71.8. The third kappa shape index (κ3) is 9.75. The van der Waals surface area contributed by atoms with Gasteiger partial charge >= 0.3 is 12.1 Å². The molecule has 252 valence electrons. The van der Waals surface area contributed by atoms with Gasteiger partial charge in [0, 0.05) is 19.2 Å². The highest BCUT2D eigenvalue weighted by Crippen LogP contribution is 2.35. The first-order valence-corrected chi connectivity index (χ1v) is 16.8. The predicted molar refractivity (Wildman–Crippen MR) is 177 cm³/mol. The number of benzene rings is 1. The number of thiazole rings is 1. The SMILES string of the molecule is CC.CN(CC(=O)NC(C(=O)N1CCC[C@H]1C(=O)Nc1sc(C(=O)O)nc1-c1ccccc1)C1CCCCC1)C(=O)OC(C)(C)C. The van der Waals surface area contributed by atoms with Gasteiger partial charge in [0.1, 0.15) is 34.9 Å². The normalized spacial score (nSPS) is 17.3. The molecular weight excluding hydrogens is 610 g/mol. The number of hydrogen-bond acceptors (Lipinski definition) is 8. The van der Waals surface area contributed by atoms with Crippen LogP contribution in [0.2, 0.25) is 0 Å². The van der Waals surface area contributed by atoms with Crippen molar-refractivity contribution in [2.24, 2.45) is 5.92 Å². The molecule has 1 aliphatic carbocycles. The molecule has 1 aliphatic heterocycles. The summed E-state index contributed by atoms with van der Waals surface area (Å²) in [6, 6.07) is 7.33. The molecule has 3 N–H and O–H groups in total. The first-order chi connectivity index (χ1) is 21.8. The number of anilines is 1. The first kappa shape index (κ1) is 36.5. The van der Waals surface area contributed by atoms with Crippen LogP contribution >= 0.6 is 11.3 Å². The third-order valence-corrected chi connectivity index (χ3v) is 8.68. The van der Waals surface area contributed by atoms with Crippen molar-refractivity contribution in [3.63, 3.8) is 0 Å². The lowest BCUT2D eigenvalue weighted by Crippen LogP contribution is -2.56. The molecule has 12 nitrogen and oxygen atoms in total. The number of hydrogen-bond donors (Lipinski definition) is 3. The average Bonchev–Trinajstić information content (AvgIpc) is 3.69. The van der Waals surface area contributed by atoms with Gasteiger partial charge in [0.25, 0.3) is 0 Å². The molecular formula is C33H47N5O7S. The Morgan fingerprint density at radius 3 is 2.30 bits per heavy atom. The zero-order chi connectivity index (χ0) is 34.0. The van der Waals surface area contributed by atoms with Crippen molar-refractivity contribution in [1.82, 2.24) is 20.1 Å². The molecule has 2 atom stereocenters. The van der Waals surface area contributed by atoms with Gasteiger partial charge in [0.05, 0.1) is 0 Å². The van der Waals surface area contributed by atoms with E-state index in [4.69, 9.17) is 4.74 Å². The summed E-state index contributed by atoms with van der Waals surface area (Å²) < 4.78 is 5.34. The smallest absolute Gasteiger partial charge is 0.410 e. The Hall–Kier alpha value is -4.00. The van der Waals surface area contributed by atoms with Crippen LogP contribution in [0.15, 0.2) is 30.3 Å². The van der Waals surface area contributed by atoms with Crippen LogP contribution in [0.1, 0.15) is 89.4 Å². The largest absolute Gasteiger partial charge is 0.476 e. The number of likely N-dealkylation sites (tertiary alicyclic amines) is 1. The van der Waals surface area contributed by atoms with E-state index >= 15 is 0 Å². The fraction of sp³-hybridized carbons (Fsp3) is 0.576. The van der Waals surface area contributed by atoms with Crippen molar-refractivity contribution in [3.05, 3.63) is 35.3 Å². The summed E-state index contributed by atoms with van der Waals surface area (Å²) in [6.45, 7) is 9.28. The van der Waals surface area contributed by atoms with Crippen LogP contribution in [0.25, 0.3) is 11.3 Å². The standard InChI is InChI=1S/C31H41N5O7S.C2H6/c1-31(2,3)43-30(42)35(4)18-22(37)32-24(20-14-9-6-10-15-20)28(39)36-17-11-16-21(36)25(38)34-26-23(19-12-7-5-8-13-19)33-27(44-26)29(40)41;1-2/h5,7-8,12-13,20-21,24H,6,9-11,14-18H2,1-4H3,(H,32,37)(H,34,38)(H,40,41);1-2H3/t21-,24?;/m0./s1. The zero-order valence-corrected chi connectivity index (χ0v) is 28.4. The summed E-state index contributed by atoms with van der Waals surface area (Å²) >= 11 is 0.862. The summed E-state index contributed by atoms with van der Waals surface area (Å²) in [7, 11) is 1.46. The number of nitrogens with one attached hydrogen (secondary N) is 2. The maximum Gasteiger partial charge on any atom is 0.410 e. The minimum absolute atomic E-state index is 0.0966. The van der Waals surface area contributed by atoms with Crippen molar-refractivity contribution in [3.8, 4) is 11.3 Å². The summed E-state index contributed by atoms with van der Waals surface area (Å²) in [5, 5.41) is 15.4. The van der Waals surface area contributed by atoms with E-state index in [0.717, 1.165) is 43.4 Å². The molecule has 2 aromatic rings. The Bertz CT molecular complexity index is 1370. The second-order valence-electron chi connectivity index (χ2n) is 12.3. The maximum atomic E-state index is 14.1. The number of aromatic carboxylic acids is 1. The molecule has 0 spiro atoms. The molecule has 1 aromatic heterocycles. The fourth-order valence-corrected chi connectivity index (χ4v) is 6.48. The number of ether oxygens (including phenoxy) is 1. The van der Waals surface area contributed by atoms with Gasteiger partial charge in [-0.05, 0) is 52.4 Å². The second-order valence-corrected chi connectivity index (χ2v) is 13.3. The van der Waals surface area contributed by atoms with Crippen molar-refractivity contribution in [2.75, 3.05) is 25.5 Å². The second kappa shape index (κ2) is 16.5. The average molecular weight is 658 g/mol. The van der Waals surface area contributed by atoms with Crippen LogP contribution in [0.4, 0.5) is 9.80 Å². The monoisotopic (exact) mass is 657 g/mol. The Labute approximate surface area is 274 Å². The molecule has 4 amide bonds. The van der Waals surface area contributed by atoms with E-state index in [1.807, 2.05) is 19.9 Å². The van der Waals surface area contributed by atoms with E-state index in [0.29, 0.717) is 35.6 Å². The molecule has 4 rings (SSSR count). The molecule has 13 heteroatoms. The zero-order valence-electron chi connectivity index (χ0n) is 27.6. The van der Waals surface area contributed by atoms with Crippen LogP contribution in [-0.2, 0) is 19.1 Å². The number of nitrogens with zero attached hydrogens (tertiary/aromatic N) is 3. The van der Waals surface area contributed by atoms with Crippen LogP contribution in [0.5, 0.6) is 0 Å². The summed E-state index contributed by atoms with van der Waals surface area (Å²) in [5.41, 5.74) is 0.283. The molecule has 0 radical (unpaired) electrons. The number of rotatable bonds is 9. The minimum atomic E-state index is -1.20.